The number of aldehydes is 1. The van der Waals surface area contributed by atoms with E-state index in [1.165, 1.54) is 7.11 Å². The van der Waals surface area contributed by atoms with E-state index in [0.29, 0.717) is 28.9 Å². The van der Waals surface area contributed by atoms with E-state index in [0.717, 1.165) is 0 Å². The Labute approximate surface area is 116 Å². The predicted molar refractivity (Wildman–Crippen MR) is 74.6 cm³/mol. The van der Waals surface area contributed by atoms with Crippen LogP contribution < -0.4 is 9.47 Å². The molecule has 0 atom stereocenters. The maximum atomic E-state index is 12.0. The Hall–Kier alpha value is -2.62. The van der Waals surface area contributed by atoms with E-state index in [1.807, 2.05) is 18.2 Å². The fraction of sp³-hybridized carbons (Fsp3) is 0.125. The van der Waals surface area contributed by atoms with Gasteiger partial charge in [-0.1, -0.05) is 24.3 Å². The number of benzene rings is 2. The normalized spacial score (nSPS) is 9.85. The van der Waals surface area contributed by atoms with Gasteiger partial charge in [0.25, 0.3) is 0 Å². The van der Waals surface area contributed by atoms with Crippen LogP contribution in [0.3, 0.4) is 0 Å². The number of ether oxygens (including phenoxy) is 2. The summed E-state index contributed by atoms with van der Waals surface area (Å²) in [6.45, 7) is -0.0619. The minimum atomic E-state index is -0.176. The van der Waals surface area contributed by atoms with E-state index in [2.05, 4.69) is 0 Å². The SMILES string of the molecule is COc1cc(C(=O)COc2ccccc2)ccc1C=O. The van der Waals surface area contributed by atoms with E-state index in [4.69, 9.17) is 9.47 Å². The first kappa shape index (κ1) is 13.8. The lowest BCUT2D eigenvalue weighted by molar-refractivity contribution is 0.0920. The van der Waals surface area contributed by atoms with Crippen LogP contribution >= 0.6 is 0 Å². The van der Waals surface area contributed by atoms with E-state index in [-0.39, 0.29) is 12.4 Å². The van der Waals surface area contributed by atoms with Crippen molar-refractivity contribution in [2.45, 2.75) is 0 Å². The summed E-state index contributed by atoms with van der Waals surface area (Å²) in [7, 11) is 1.46. The van der Waals surface area contributed by atoms with Crippen molar-refractivity contribution >= 4 is 12.1 Å². The largest absolute Gasteiger partial charge is 0.496 e. The van der Waals surface area contributed by atoms with Crippen LogP contribution in [-0.2, 0) is 0 Å². The summed E-state index contributed by atoms with van der Waals surface area (Å²) in [5.74, 6) is 0.840. The van der Waals surface area contributed by atoms with Crippen LogP contribution in [0, 0.1) is 0 Å². The molecule has 0 aliphatic heterocycles. The average Bonchev–Trinajstić information content (AvgIpc) is 2.52. The molecule has 20 heavy (non-hydrogen) atoms. The Bertz CT molecular complexity index is 605. The van der Waals surface area contributed by atoms with Crippen molar-refractivity contribution in [2.75, 3.05) is 13.7 Å². The lowest BCUT2D eigenvalue weighted by Crippen LogP contribution is -2.12. The Kier molecular flexibility index (Phi) is 4.50. The third-order valence-electron chi connectivity index (χ3n) is 2.80. The van der Waals surface area contributed by atoms with Gasteiger partial charge in [-0.05, 0) is 24.3 Å². The number of carbonyl (C=O) groups is 2. The number of para-hydroxylation sites is 1. The lowest BCUT2D eigenvalue weighted by Gasteiger charge is -2.08. The Morgan fingerprint density at radius 3 is 2.55 bits per heavy atom. The van der Waals surface area contributed by atoms with Crippen LogP contribution in [0.15, 0.2) is 48.5 Å². The van der Waals surface area contributed by atoms with Crippen LogP contribution in [0.5, 0.6) is 11.5 Å². The van der Waals surface area contributed by atoms with Crippen molar-refractivity contribution in [2.24, 2.45) is 0 Å². The molecule has 0 aromatic heterocycles. The van der Waals surface area contributed by atoms with Gasteiger partial charge in [-0.15, -0.1) is 0 Å². The zero-order valence-electron chi connectivity index (χ0n) is 11.0. The maximum Gasteiger partial charge on any atom is 0.200 e. The molecule has 0 saturated carbocycles. The lowest BCUT2D eigenvalue weighted by atomic mass is 10.1. The quantitative estimate of drug-likeness (QED) is 0.598. The van der Waals surface area contributed by atoms with Crippen molar-refractivity contribution < 1.29 is 19.1 Å². The molecule has 0 aliphatic rings. The second kappa shape index (κ2) is 6.52. The first-order valence-electron chi connectivity index (χ1n) is 6.09. The van der Waals surface area contributed by atoms with Gasteiger partial charge in [0.2, 0.25) is 0 Å². The molecule has 4 heteroatoms. The molecular weight excluding hydrogens is 256 g/mol. The fourth-order valence-electron chi connectivity index (χ4n) is 1.73. The summed E-state index contributed by atoms with van der Waals surface area (Å²) < 4.78 is 10.5. The zero-order valence-corrected chi connectivity index (χ0v) is 11.0. The van der Waals surface area contributed by atoms with Crippen LogP contribution in [0.4, 0.5) is 0 Å². The van der Waals surface area contributed by atoms with Gasteiger partial charge in [0.15, 0.2) is 18.7 Å². The number of methoxy groups -OCH3 is 1. The molecule has 0 saturated heterocycles. The third-order valence-corrected chi connectivity index (χ3v) is 2.80. The molecule has 0 aliphatic carbocycles. The molecule has 0 amide bonds. The topological polar surface area (TPSA) is 52.6 Å². The number of ketones is 1. The average molecular weight is 270 g/mol. The highest BCUT2D eigenvalue weighted by molar-refractivity contribution is 5.98. The molecule has 2 aromatic rings. The van der Waals surface area contributed by atoms with Crippen molar-refractivity contribution in [3.05, 3.63) is 59.7 Å². The van der Waals surface area contributed by atoms with Crippen molar-refractivity contribution in [3.63, 3.8) is 0 Å². The van der Waals surface area contributed by atoms with Gasteiger partial charge in [-0.25, -0.2) is 0 Å². The fourth-order valence-corrected chi connectivity index (χ4v) is 1.73. The van der Waals surface area contributed by atoms with Gasteiger partial charge in [0, 0.05) is 5.56 Å². The number of carbonyl (C=O) groups excluding carboxylic acids is 2. The zero-order chi connectivity index (χ0) is 14.4. The Morgan fingerprint density at radius 1 is 1.15 bits per heavy atom. The van der Waals surface area contributed by atoms with Gasteiger partial charge in [0.05, 0.1) is 12.7 Å². The van der Waals surface area contributed by atoms with E-state index < -0.39 is 0 Å². The van der Waals surface area contributed by atoms with Crippen LogP contribution in [0.1, 0.15) is 20.7 Å². The minimum Gasteiger partial charge on any atom is -0.496 e. The standard InChI is InChI=1S/C16H14O4/c1-19-16-9-12(7-8-13(16)10-17)15(18)11-20-14-5-3-2-4-6-14/h2-10H,11H2,1H3. The van der Waals surface area contributed by atoms with E-state index in [1.54, 1.807) is 30.3 Å². The summed E-state index contributed by atoms with van der Waals surface area (Å²) in [5.41, 5.74) is 0.858. The monoisotopic (exact) mass is 270 g/mol. The highest BCUT2D eigenvalue weighted by Crippen LogP contribution is 2.19. The van der Waals surface area contributed by atoms with Crippen LogP contribution in [-0.4, -0.2) is 25.8 Å². The van der Waals surface area contributed by atoms with E-state index >= 15 is 0 Å². The Balaban J connectivity index is 2.07. The first-order chi connectivity index (χ1) is 9.74. The molecule has 0 spiro atoms. The van der Waals surface area contributed by atoms with E-state index in [9.17, 15) is 9.59 Å². The number of hydrogen-bond acceptors (Lipinski definition) is 4. The third kappa shape index (κ3) is 3.23. The molecule has 0 radical (unpaired) electrons. The predicted octanol–water partition coefficient (Wildman–Crippen LogP) is 2.77. The van der Waals surface area contributed by atoms with Gasteiger partial charge in [-0.3, -0.25) is 9.59 Å². The highest BCUT2D eigenvalue weighted by atomic mass is 16.5. The van der Waals surface area contributed by atoms with Crippen LogP contribution in [0.25, 0.3) is 0 Å². The van der Waals surface area contributed by atoms with Gasteiger partial charge in [-0.2, -0.15) is 0 Å². The molecule has 0 fully saturated rings. The Morgan fingerprint density at radius 2 is 1.90 bits per heavy atom. The number of Topliss-reactive ketones (excluding diaryl/α,β-unsaturated/α-hetero) is 1. The molecule has 0 heterocycles. The summed E-state index contributed by atoms with van der Waals surface area (Å²) in [5, 5.41) is 0. The molecule has 0 N–H and O–H groups in total. The van der Waals surface area contributed by atoms with Crippen molar-refractivity contribution in [1.29, 1.82) is 0 Å². The highest BCUT2D eigenvalue weighted by Gasteiger charge is 2.10. The number of rotatable bonds is 6. The van der Waals surface area contributed by atoms with Crippen molar-refractivity contribution in [3.8, 4) is 11.5 Å². The second-order valence-electron chi connectivity index (χ2n) is 4.10. The smallest absolute Gasteiger partial charge is 0.200 e. The maximum absolute atomic E-state index is 12.0. The molecule has 0 unspecified atom stereocenters. The molecule has 102 valence electrons. The molecular formula is C16H14O4. The molecule has 4 nitrogen and oxygen atoms in total. The molecule has 0 bridgehead atoms. The summed E-state index contributed by atoms with van der Waals surface area (Å²) in [6.07, 6.45) is 0.688. The minimum absolute atomic E-state index is 0.0619. The molecule has 2 aromatic carbocycles. The van der Waals surface area contributed by atoms with Crippen molar-refractivity contribution in [1.82, 2.24) is 0 Å². The summed E-state index contributed by atoms with van der Waals surface area (Å²) >= 11 is 0. The second-order valence-corrected chi connectivity index (χ2v) is 4.10. The molecule has 2 rings (SSSR count). The van der Waals surface area contributed by atoms with Gasteiger partial charge >= 0.3 is 0 Å². The summed E-state index contributed by atoms with van der Waals surface area (Å²) in [6, 6.07) is 13.8. The number of hydrogen-bond donors (Lipinski definition) is 0. The first-order valence-corrected chi connectivity index (χ1v) is 6.09. The van der Waals surface area contributed by atoms with Crippen LogP contribution in [0.2, 0.25) is 0 Å². The van der Waals surface area contributed by atoms with Gasteiger partial charge in [0.1, 0.15) is 11.5 Å². The van der Waals surface area contributed by atoms with Gasteiger partial charge < -0.3 is 9.47 Å². The summed E-state index contributed by atoms with van der Waals surface area (Å²) in [4.78, 5) is 22.8.